The second-order valence-corrected chi connectivity index (χ2v) is 5.14. The van der Waals surface area contributed by atoms with Crippen molar-refractivity contribution in [2.45, 2.75) is 17.5 Å². The molecular formula is C13H14N4OS. The number of benzene rings is 1. The van der Waals surface area contributed by atoms with Crippen molar-refractivity contribution in [3.63, 3.8) is 0 Å². The van der Waals surface area contributed by atoms with Gasteiger partial charge in [-0.2, -0.15) is 0 Å². The average Bonchev–Trinajstić information content (AvgIpc) is 2.99. The smallest absolute Gasteiger partial charge is 0.212 e. The van der Waals surface area contributed by atoms with Gasteiger partial charge in [0.15, 0.2) is 5.82 Å². The summed E-state index contributed by atoms with van der Waals surface area (Å²) in [5.41, 5.74) is 4.27. The van der Waals surface area contributed by atoms with E-state index in [-0.39, 0.29) is 5.37 Å². The molecule has 19 heavy (non-hydrogen) atoms. The molecule has 1 atom stereocenters. The second kappa shape index (κ2) is 4.97. The van der Waals surface area contributed by atoms with Gasteiger partial charge in [-0.05, 0) is 19.1 Å². The highest BCUT2D eigenvalue weighted by Gasteiger charge is 2.26. The fraction of sp³-hybridized carbons (Fsp3) is 0.231. The van der Waals surface area contributed by atoms with Crippen molar-refractivity contribution in [3.05, 3.63) is 36.4 Å². The Morgan fingerprint density at radius 2 is 2.21 bits per heavy atom. The average molecular weight is 274 g/mol. The van der Waals surface area contributed by atoms with E-state index in [0.29, 0.717) is 0 Å². The number of rotatable bonds is 3. The molecule has 2 aromatic rings. The van der Waals surface area contributed by atoms with Gasteiger partial charge in [-0.15, -0.1) is 10.2 Å². The molecule has 1 aliphatic heterocycles. The molecule has 0 saturated heterocycles. The maximum atomic E-state index is 5.37. The molecule has 0 radical (unpaired) electrons. The van der Waals surface area contributed by atoms with Crippen LogP contribution in [0, 0.1) is 0 Å². The van der Waals surface area contributed by atoms with E-state index in [9.17, 15) is 0 Å². The largest absolute Gasteiger partial charge is 0.496 e. The molecule has 1 aromatic heterocycles. The molecule has 2 heterocycles. The lowest BCUT2D eigenvalue weighted by molar-refractivity contribution is 0.416. The lowest BCUT2D eigenvalue weighted by atomic mass is 10.2. The van der Waals surface area contributed by atoms with E-state index in [1.807, 2.05) is 41.9 Å². The third kappa shape index (κ3) is 2.08. The lowest BCUT2D eigenvalue weighted by Gasteiger charge is -2.10. The summed E-state index contributed by atoms with van der Waals surface area (Å²) in [6.07, 6.45) is 4.11. The summed E-state index contributed by atoms with van der Waals surface area (Å²) >= 11 is 1.64. The summed E-state index contributed by atoms with van der Waals surface area (Å²) in [7, 11) is 1.66. The van der Waals surface area contributed by atoms with E-state index in [2.05, 4.69) is 21.7 Å². The van der Waals surface area contributed by atoms with Gasteiger partial charge in [-0.1, -0.05) is 36.0 Å². The van der Waals surface area contributed by atoms with Crippen LogP contribution in [0.4, 0.5) is 0 Å². The Morgan fingerprint density at radius 1 is 1.37 bits per heavy atom. The molecule has 6 heteroatoms. The number of ether oxygens (including phenoxy) is 1. The van der Waals surface area contributed by atoms with Crippen LogP contribution < -0.4 is 10.2 Å². The van der Waals surface area contributed by atoms with Gasteiger partial charge >= 0.3 is 0 Å². The van der Waals surface area contributed by atoms with Gasteiger partial charge in [0.2, 0.25) is 5.16 Å². The number of aromatic nitrogens is 3. The number of allylic oxidation sites excluding steroid dienone is 1. The molecule has 1 N–H and O–H groups in total. The number of para-hydroxylation sites is 1. The first-order valence-corrected chi connectivity index (χ1v) is 6.86. The summed E-state index contributed by atoms with van der Waals surface area (Å²) < 4.78 is 7.28. The minimum Gasteiger partial charge on any atom is -0.496 e. The summed E-state index contributed by atoms with van der Waals surface area (Å²) in [5.74, 6) is 1.56. The zero-order chi connectivity index (χ0) is 13.2. The van der Waals surface area contributed by atoms with Crippen LogP contribution >= 0.6 is 11.8 Å². The Balaban J connectivity index is 2.01. The van der Waals surface area contributed by atoms with Crippen LogP contribution in [0.15, 0.2) is 41.6 Å². The van der Waals surface area contributed by atoms with Crippen LogP contribution in [-0.4, -0.2) is 27.4 Å². The number of hydrogen-bond acceptors (Lipinski definition) is 5. The van der Waals surface area contributed by atoms with Gasteiger partial charge < -0.3 is 10.2 Å². The molecule has 0 unspecified atom stereocenters. The Bertz CT molecular complexity index is 623. The number of hydrogen-bond donors (Lipinski definition) is 1. The number of thioether (sulfide) groups is 1. The van der Waals surface area contributed by atoms with Gasteiger partial charge in [0.1, 0.15) is 11.1 Å². The van der Waals surface area contributed by atoms with Crippen molar-refractivity contribution in [1.82, 2.24) is 14.9 Å². The topological polar surface area (TPSA) is 52.0 Å². The number of nitrogens with zero attached hydrogens (tertiary/aromatic N) is 3. The Hall–Kier alpha value is -1.95. The van der Waals surface area contributed by atoms with Gasteiger partial charge in [-0.25, -0.2) is 4.68 Å². The molecule has 1 aliphatic rings. The van der Waals surface area contributed by atoms with E-state index in [4.69, 9.17) is 4.74 Å². The van der Waals surface area contributed by atoms with Crippen molar-refractivity contribution >= 4 is 11.8 Å². The number of methoxy groups -OCH3 is 1. The Morgan fingerprint density at radius 3 is 3.00 bits per heavy atom. The fourth-order valence-corrected chi connectivity index (χ4v) is 2.94. The van der Waals surface area contributed by atoms with Crippen molar-refractivity contribution < 1.29 is 4.74 Å². The van der Waals surface area contributed by atoms with E-state index in [1.54, 1.807) is 18.9 Å². The van der Waals surface area contributed by atoms with Gasteiger partial charge in [-0.3, -0.25) is 0 Å². The van der Waals surface area contributed by atoms with Crippen molar-refractivity contribution in [1.29, 1.82) is 0 Å². The molecule has 1 aromatic carbocycles. The number of fused-ring (bicyclic) bond motifs is 1. The molecule has 0 bridgehead atoms. The first-order valence-electron chi connectivity index (χ1n) is 5.98. The van der Waals surface area contributed by atoms with Crippen LogP contribution in [0.1, 0.15) is 6.92 Å². The highest BCUT2D eigenvalue weighted by Crippen LogP contribution is 2.34. The summed E-state index contributed by atoms with van der Waals surface area (Å²) in [5, 5.41) is 9.50. The predicted molar refractivity (Wildman–Crippen MR) is 75.8 cm³/mol. The van der Waals surface area contributed by atoms with Gasteiger partial charge in [0.25, 0.3) is 0 Å². The van der Waals surface area contributed by atoms with E-state index >= 15 is 0 Å². The van der Waals surface area contributed by atoms with Crippen molar-refractivity contribution in [3.8, 4) is 17.1 Å². The lowest BCUT2D eigenvalue weighted by Crippen LogP contribution is -2.17. The van der Waals surface area contributed by atoms with Crippen LogP contribution in [0.2, 0.25) is 0 Å². The van der Waals surface area contributed by atoms with Gasteiger partial charge in [0, 0.05) is 0 Å². The van der Waals surface area contributed by atoms with E-state index < -0.39 is 0 Å². The maximum Gasteiger partial charge on any atom is 0.212 e. The van der Waals surface area contributed by atoms with Crippen LogP contribution in [0.25, 0.3) is 11.4 Å². The highest BCUT2D eigenvalue weighted by molar-refractivity contribution is 8.00. The van der Waals surface area contributed by atoms with Gasteiger partial charge in [0.05, 0.1) is 12.7 Å². The monoisotopic (exact) mass is 274 g/mol. The molecule has 98 valence electrons. The third-order valence-corrected chi connectivity index (χ3v) is 3.83. The fourth-order valence-electron chi connectivity index (χ4n) is 1.99. The Kier molecular flexibility index (Phi) is 3.16. The summed E-state index contributed by atoms with van der Waals surface area (Å²) in [6.45, 7) is 2.00. The molecule has 3 rings (SSSR count). The van der Waals surface area contributed by atoms with Crippen LogP contribution in [0.5, 0.6) is 5.75 Å². The zero-order valence-corrected chi connectivity index (χ0v) is 11.5. The molecular weight excluding hydrogens is 260 g/mol. The van der Waals surface area contributed by atoms with Crippen molar-refractivity contribution in [2.24, 2.45) is 0 Å². The van der Waals surface area contributed by atoms with Crippen molar-refractivity contribution in [2.75, 3.05) is 12.5 Å². The molecule has 0 aliphatic carbocycles. The molecule has 0 fully saturated rings. The van der Waals surface area contributed by atoms with Crippen LogP contribution in [0.3, 0.4) is 0 Å². The first-order chi connectivity index (χ1) is 9.33. The number of nitrogens with one attached hydrogen (secondary N) is 1. The molecule has 0 spiro atoms. The first kappa shape index (κ1) is 12.1. The minimum absolute atomic E-state index is 0.198. The molecule has 5 nitrogen and oxygen atoms in total. The maximum absolute atomic E-state index is 5.37. The third-order valence-electron chi connectivity index (χ3n) is 2.84. The van der Waals surface area contributed by atoms with E-state index in [1.165, 1.54) is 0 Å². The second-order valence-electron chi connectivity index (χ2n) is 4.04. The SMILES string of the molecule is C/C=C/[C@@H]1Nn2c(nnc2-c2ccccc2OC)S1. The zero-order valence-electron chi connectivity index (χ0n) is 10.7. The minimum atomic E-state index is 0.198. The quantitative estimate of drug-likeness (QED) is 0.872. The summed E-state index contributed by atoms with van der Waals surface area (Å²) in [4.78, 5) is 0. The molecule has 0 saturated carbocycles. The van der Waals surface area contributed by atoms with E-state index in [0.717, 1.165) is 22.3 Å². The normalized spacial score (nSPS) is 17.5. The Labute approximate surface area is 115 Å². The van der Waals surface area contributed by atoms with Crippen LogP contribution in [-0.2, 0) is 0 Å². The predicted octanol–water partition coefficient (Wildman–Crippen LogP) is 2.51. The standard InChI is InChI=1S/C13H14N4OS/c1-3-6-11-16-17-12(14-15-13(17)19-11)9-7-4-5-8-10(9)18-2/h3-8,11,16H,1-2H3/b6-3+/t11-/m1/s1. The molecule has 0 amide bonds. The highest BCUT2D eigenvalue weighted by atomic mass is 32.2. The summed E-state index contributed by atoms with van der Waals surface area (Å²) in [6, 6.07) is 7.80.